The second kappa shape index (κ2) is 4.87. The third-order valence-electron chi connectivity index (χ3n) is 2.69. The summed E-state index contributed by atoms with van der Waals surface area (Å²) in [5, 5.41) is 6.63. The number of morpholine rings is 1. The number of hydrogen-bond donors (Lipinski definition) is 1. The standard InChI is InChI=1S/C9H16N4OS/c1-2-12-3-4-14-8(5-12)6-13-7-10-11-9(13)15/h7-8H,2-6H2,1H3,(H,11,15). The molecule has 1 N–H and O–H groups in total. The summed E-state index contributed by atoms with van der Waals surface area (Å²) < 4.78 is 8.26. The van der Waals surface area contributed by atoms with E-state index in [4.69, 9.17) is 17.0 Å². The highest BCUT2D eigenvalue weighted by molar-refractivity contribution is 7.71. The fourth-order valence-corrected chi connectivity index (χ4v) is 1.97. The minimum atomic E-state index is 0.225. The fourth-order valence-electron chi connectivity index (χ4n) is 1.80. The van der Waals surface area contributed by atoms with E-state index in [9.17, 15) is 0 Å². The van der Waals surface area contributed by atoms with Crippen LogP contribution in [0.2, 0.25) is 0 Å². The van der Waals surface area contributed by atoms with Crippen LogP contribution in [0, 0.1) is 4.77 Å². The summed E-state index contributed by atoms with van der Waals surface area (Å²) >= 11 is 5.09. The van der Waals surface area contributed by atoms with Gasteiger partial charge in [0.1, 0.15) is 6.33 Å². The molecule has 0 aromatic carbocycles. The zero-order chi connectivity index (χ0) is 10.7. The van der Waals surface area contributed by atoms with E-state index in [1.807, 2.05) is 4.57 Å². The predicted molar refractivity (Wildman–Crippen MR) is 59.3 cm³/mol. The number of aromatic amines is 1. The summed E-state index contributed by atoms with van der Waals surface area (Å²) in [6.45, 7) is 6.85. The molecular weight excluding hydrogens is 212 g/mol. The lowest BCUT2D eigenvalue weighted by atomic mass is 10.2. The number of hydrogen-bond acceptors (Lipinski definition) is 4. The average molecular weight is 228 g/mol. The molecule has 2 rings (SSSR count). The van der Waals surface area contributed by atoms with Crippen molar-refractivity contribution in [2.24, 2.45) is 0 Å². The highest BCUT2D eigenvalue weighted by Gasteiger charge is 2.19. The third-order valence-corrected chi connectivity index (χ3v) is 3.01. The Bertz CT molecular complexity index is 361. The lowest BCUT2D eigenvalue weighted by Gasteiger charge is -2.32. The molecule has 0 bridgehead atoms. The molecule has 1 aromatic rings. The minimum absolute atomic E-state index is 0.225. The van der Waals surface area contributed by atoms with Gasteiger partial charge >= 0.3 is 0 Å². The van der Waals surface area contributed by atoms with Gasteiger partial charge in [0.15, 0.2) is 4.77 Å². The van der Waals surface area contributed by atoms with E-state index in [1.165, 1.54) is 0 Å². The highest BCUT2D eigenvalue weighted by Crippen LogP contribution is 2.07. The van der Waals surface area contributed by atoms with E-state index in [0.717, 1.165) is 32.8 Å². The Morgan fingerprint density at radius 2 is 2.60 bits per heavy atom. The van der Waals surface area contributed by atoms with Gasteiger partial charge < -0.3 is 9.30 Å². The zero-order valence-corrected chi connectivity index (χ0v) is 9.66. The summed E-state index contributed by atoms with van der Waals surface area (Å²) in [5.74, 6) is 0. The van der Waals surface area contributed by atoms with E-state index in [-0.39, 0.29) is 6.10 Å². The van der Waals surface area contributed by atoms with Crippen molar-refractivity contribution < 1.29 is 4.74 Å². The normalized spacial score (nSPS) is 23.1. The number of H-pyrrole nitrogens is 1. The summed E-state index contributed by atoms with van der Waals surface area (Å²) in [6.07, 6.45) is 1.94. The van der Waals surface area contributed by atoms with Gasteiger partial charge in [-0.15, -0.1) is 0 Å². The molecule has 1 unspecified atom stereocenters. The van der Waals surface area contributed by atoms with E-state index < -0.39 is 0 Å². The van der Waals surface area contributed by atoms with Gasteiger partial charge in [-0.3, -0.25) is 10.00 Å². The molecule has 1 atom stereocenters. The van der Waals surface area contributed by atoms with Gasteiger partial charge in [-0.05, 0) is 18.8 Å². The predicted octanol–water partition coefficient (Wildman–Crippen LogP) is 0.661. The van der Waals surface area contributed by atoms with Crippen molar-refractivity contribution in [1.29, 1.82) is 0 Å². The molecule has 1 aliphatic heterocycles. The van der Waals surface area contributed by atoms with Crippen LogP contribution < -0.4 is 0 Å². The van der Waals surface area contributed by atoms with Crippen LogP contribution in [-0.4, -0.2) is 52.0 Å². The molecule has 15 heavy (non-hydrogen) atoms. The summed E-state index contributed by atoms with van der Waals surface area (Å²) in [5.41, 5.74) is 0. The fraction of sp³-hybridized carbons (Fsp3) is 0.778. The van der Waals surface area contributed by atoms with Gasteiger partial charge in [0.25, 0.3) is 0 Å². The quantitative estimate of drug-likeness (QED) is 0.772. The lowest BCUT2D eigenvalue weighted by molar-refractivity contribution is -0.0345. The minimum Gasteiger partial charge on any atom is -0.374 e. The number of ether oxygens (including phenoxy) is 1. The Hall–Kier alpha value is -0.720. The molecule has 0 spiro atoms. The van der Waals surface area contributed by atoms with Crippen molar-refractivity contribution in [3.8, 4) is 0 Å². The molecule has 0 saturated carbocycles. The Balaban J connectivity index is 1.95. The maximum Gasteiger partial charge on any atom is 0.195 e. The van der Waals surface area contributed by atoms with Crippen molar-refractivity contribution >= 4 is 12.2 Å². The van der Waals surface area contributed by atoms with E-state index in [1.54, 1.807) is 6.33 Å². The summed E-state index contributed by atoms with van der Waals surface area (Å²) in [4.78, 5) is 2.39. The average Bonchev–Trinajstić information content (AvgIpc) is 2.65. The monoisotopic (exact) mass is 228 g/mol. The van der Waals surface area contributed by atoms with Crippen LogP contribution in [0.25, 0.3) is 0 Å². The molecule has 1 aliphatic rings. The molecule has 1 fully saturated rings. The van der Waals surface area contributed by atoms with Crippen molar-refractivity contribution in [3.63, 3.8) is 0 Å². The van der Waals surface area contributed by atoms with Gasteiger partial charge in [0, 0.05) is 13.1 Å². The molecule has 1 aromatic heterocycles. The largest absolute Gasteiger partial charge is 0.374 e. The van der Waals surface area contributed by atoms with E-state index in [0.29, 0.717) is 4.77 Å². The van der Waals surface area contributed by atoms with Crippen LogP contribution in [-0.2, 0) is 11.3 Å². The van der Waals surface area contributed by atoms with Gasteiger partial charge in [-0.1, -0.05) is 6.92 Å². The number of rotatable bonds is 3. The van der Waals surface area contributed by atoms with Crippen molar-refractivity contribution in [1.82, 2.24) is 19.7 Å². The lowest BCUT2D eigenvalue weighted by Crippen LogP contribution is -2.43. The molecule has 2 heterocycles. The SMILES string of the molecule is CCN1CCOC(Cn2cn[nH]c2=S)C1. The highest BCUT2D eigenvalue weighted by atomic mass is 32.1. The first-order valence-corrected chi connectivity index (χ1v) is 5.64. The van der Waals surface area contributed by atoms with Crippen molar-refractivity contribution in [2.45, 2.75) is 19.6 Å². The van der Waals surface area contributed by atoms with Crippen molar-refractivity contribution in [2.75, 3.05) is 26.2 Å². The van der Waals surface area contributed by atoms with Gasteiger partial charge in [-0.25, -0.2) is 0 Å². The van der Waals surface area contributed by atoms with E-state index >= 15 is 0 Å². The number of nitrogens with zero attached hydrogens (tertiary/aromatic N) is 3. The maximum absolute atomic E-state index is 5.69. The Kier molecular flexibility index (Phi) is 3.50. The second-order valence-corrected chi connectivity index (χ2v) is 4.09. The van der Waals surface area contributed by atoms with Gasteiger partial charge in [-0.2, -0.15) is 5.10 Å². The molecule has 0 aliphatic carbocycles. The Morgan fingerprint density at radius 1 is 1.73 bits per heavy atom. The molecule has 6 heteroatoms. The van der Waals surface area contributed by atoms with Crippen LogP contribution in [0.1, 0.15) is 6.92 Å². The Morgan fingerprint density at radius 3 is 3.27 bits per heavy atom. The molecular formula is C9H16N4OS. The van der Waals surface area contributed by atoms with Crippen LogP contribution in [0.3, 0.4) is 0 Å². The first kappa shape index (κ1) is 10.8. The zero-order valence-electron chi connectivity index (χ0n) is 8.85. The first-order valence-electron chi connectivity index (χ1n) is 5.23. The van der Waals surface area contributed by atoms with Gasteiger partial charge in [0.2, 0.25) is 0 Å². The molecule has 0 amide bonds. The van der Waals surface area contributed by atoms with Crippen LogP contribution in [0.15, 0.2) is 6.33 Å². The summed E-state index contributed by atoms with van der Waals surface area (Å²) in [6, 6.07) is 0. The number of nitrogens with one attached hydrogen (secondary N) is 1. The molecule has 1 saturated heterocycles. The first-order chi connectivity index (χ1) is 7.29. The Labute approximate surface area is 94.0 Å². The van der Waals surface area contributed by atoms with Crippen LogP contribution in [0.4, 0.5) is 0 Å². The number of aromatic nitrogens is 3. The molecule has 5 nitrogen and oxygen atoms in total. The molecule has 84 valence electrons. The molecule has 0 radical (unpaired) electrons. The van der Waals surface area contributed by atoms with Crippen LogP contribution in [0.5, 0.6) is 0 Å². The topological polar surface area (TPSA) is 46.1 Å². The smallest absolute Gasteiger partial charge is 0.195 e. The van der Waals surface area contributed by atoms with E-state index in [2.05, 4.69) is 22.0 Å². The maximum atomic E-state index is 5.69. The second-order valence-electron chi connectivity index (χ2n) is 3.70. The van der Waals surface area contributed by atoms with Crippen LogP contribution >= 0.6 is 12.2 Å². The third kappa shape index (κ3) is 2.64. The summed E-state index contributed by atoms with van der Waals surface area (Å²) in [7, 11) is 0. The van der Waals surface area contributed by atoms with Crippen molar-refractivity contribution in [3.05, 3.63) is 11.1 Å². The number of likely N-dealkylation sites (N-methyl/N-ethyl adjacent to an activating group) is 1. The van der Waals surface area contributed by atoms with Gasteiger partial charge in [0.05, 0.1) is 19.3 Å².